The van der Waals surface area contributed by atoms with Crippen molar-refractivity contribution in [1.82, 2.24) is 9.80 Å². The van der Waals surface area contributed by atoms with Crippen LogP contribution in [0.1, 0.15) is 32.3 Å². The van der Waals surface area contributed by atoms with Crippen LogP contribution in [0.25, 0.3) is 0 Å². The highest BCUT2D eigenvalue weighted by atomic mass is 16.2. The predicted octanol–water partition coefficient (Wildman–Crippen LogP) is 3.17. The second-order valence-corrected chi connectivity index (χ2v) is 7.10. The van der Waals surface area contributed by atoms with Gasteiger partial charge in [0.2, 0.25) is 5.91 Å². The maximum atomic E-state index is 12.5. The number of aryl methyl sites for hydroxylation is 1. The molecule has 1 aromatic carbocycles. The van der Waals surface area contributed by atoms with Crippen LogP contribution in [0.4, 0.5) is 16.2 Å². The molecule has 0 aromatic heterocycles. The van der Waals surface area contributed by atoms with Gasteiger partial charge >= 0.3 is 6.03 Å². The molecule has 1 heterocycles. The number of carbonyl (C=O) groups excluding carboxylic acids is 2. The van der Waals surface area contributed by atoms with Gasteiger partial charge in [0.15, 0.2) is 0 Å². The van der Waals surface area contributed by atoms with E-state index < -0.39 is 0 Å². The van der Waals surface area contributed by atoms with E-state index in [4.69, 9.17) is 0 Å². The summed E-state index contributed by atoms with van der Waals surface area (Å²) in [5.41, 5.74) is 3.06. The zero-order valence-corrected chi connectivity index (χ0v) is 16.7. The third kappa shape index (κ3) is 4.68. The minimum absolute atomic E-state index is 0.0422. The molecule has 1 aliphatic rings. The Morgan fingerprint density at radius 3 is 2.27 bits per heavy atom. The molecule has 1 N–H and O–H groups in total. The van der Waals surface area contributed by atoms with E-state index in [1.54, 1.807) is 4.90 Å². The third-order valence-corrected chi connectivity index (χ3v) is 5.14. The fourth-order valence-electron chi connectivity index (χ4n) is 3.56. The molecule has 6 heteroatoms. The zero-order chi connectivity index (χ0) is 19.3. The van der Waals surface area contributed by atoms with Crippen LogP contribution in [0.5, 0.6) is 0 Å². The van der Waals surface area contributed by atoms with E-state index in [2.05, 4.69) is 10.2 Å². The molecule has 0 radical (unpaired) electrons. The van der Waals surface area contributed by atoms with Gasteiger partial charge in [0.25, 0.3) is 0 Å². The molecule has 26 heavy (non-hydrogen) atoms. The van der Waals surface area contributed by atoms with Gasteiger partial charge in [0.05, 0.1) is 0 Å². The molecule has 0 spiro atoms. The fourth-order valence-corrected chi connectivity index (χ4v) is 3.56. The lowest BCUT2D eigenvalue weighted by atomic mass is 9.95. The second kappa shape index (κ2) is 8.92. The number of piperidine rings is 1. The quantitative estimate of drug-likeness (QED) is 0.877. The molecule has 1 aromatic rings. The van der Waals surface area contributed by atoms with Crippen LogP contribution in [0.2, 0.25) is 0 Å². The van der Waals surface area contributed by atoms with Crippen molar-refractivity contribution in [1.29, 1.82) is 0 Å². The summed E-state index contributed by atoms with van der Waals surface area (Å²) in [7, 11) is 4.01. The Morgan fingerprint density at radius 2 is 1.77 bits per heavy atom. The van der Waals surface area contributed by atoms with Crippen molar-refractivity contribution in [2.75, 3.05) is 50.5 Å². The van der Waals surface area contributed by atoms with E-state index in [1.165, 1.54) is 0 Å². The van der Waals surface area contributed by atoms with Crippen molar-refractivity contribution >= 4 is 23.3 Å². The predicted molar refractivity (Wildman–Crippen MR) is 107 cm³/mol. The molecule has 3 amide bonds. The molecular formula is C20H32N4O2. The Kier molecular flexibility index (Phi) is 6.89. The number of nitrogens with zero attached hydrogens (tertiary/aromatic N) is 3. The average Bonchev–Trinajstić information content (AvgIpc) is 2.62. The summed E-state index contributed by atoms with van der Waals surface area (Å²) in [6.07, 6.45) is 1.47. The highest BCUT2D eigenvalue weighted by molar-refractivity contribution is 5.90. The lowest BCUT2D eigenvalue weighted by Crippen LogP contribution is -2.45. The minimum atomic E-state index is -0.0873. The minimum Gasteiger partial charge on any atom is -0.377 e. The number of benzene rings is 1. The van der Waals surface area contributed by atoms with Crippen LogP contribution in [0.3, 0.4) is 0 Å². The van der Waals surface area contributed by atoms with E-state index in [1.807, 2.05) is 58.0 Å². The summed E-state index contributed by atoms with van der Waals surface area (Å²) in [4.78, 5) is 30.7. The van der Waals surface area contributed by atoms with Crippen LogP contribution >= 0.6 is 0 Å². The SMILES string of the molecule is CCN(CC)C(=O)C1CCN(C(=O)Nc2ccc(N(C)C)c(C)c2)CC1. The van der Waals surface area contributed by atoms with Crippen molar-refractivity contribution in [2.24, 2.45) is 5.92 Å². The third-order valence-electron chi connectivity index (χ3n) is 5.14. The number of amides is 3. The maximum absolute atomic E-state index is 12.5. The molecule has 0 aliphatic carbocycles. The summed E-state index contributed by atoms with van der Waals surface area (Å²) in [6, 6.07) is 5.84. The molecular weight excluding hydrogens is 328 g/mol. The summed E-state index contributed by atoms with van der Waals surface area (Å²) < 4.78 is 0. The Balaban J connectivity index is 1.90. The molecule has 6 nitrogen and oxygen atoms in total. The zero-order valence-electron chi connectivity index (χ0n) is 16.7. The highest BCUT2D eigenvalue weighted by Gasteiger charge is 2.29. The van der Waals surface area contributed by atoms with E-state index >= 15 is 0 Å². The van der Waals surface area contributed by atoms with Crippen LogP contribution in [0, 0.1) is 12.8 Å². The number of nitrogens with one attached hydrogen (secondary N) is 1. The number of carbonyl (C=O) groups is 2. The molecule has 0 atom stereocenters. The van der Waals surface area contributed by atoms with Gasteiger partial charge in [-0.1, -0.05) is 0 Å². The van der Waals surface area contributed by atoms with E-state index in [9.17, 15) is 9.59 Å². The van der Waals surface area contributed by atoms with E-state index in [0.29, 0.717) is 13.1 Å². The van der Waals surface area contributed by atoms with Crippen LogP contribution in [-0.2, 0) is 4.79 Å². The summed E-state index contributed by atoms with van der Waals surface area (Å²) in [5, 5.41) is 2.98. The van der Waals surface area contributed by atoms with Crippen molar-refractivity contribution < 1.29 is 9.59 Å². The molecule has 0 bridgehead atoms. The molecule has 2 rings (SSSR count). The Hall–Kier alpha value is -2.24. The van der Waals surface area contributed by atoms with E-state index in [0.717, 1.165) is 42.9 Å². The average molecular weight is 361 g/mol. The van der Waals surface area contributed by atoms with Gasteiger partial charge in [-0.15, -0.1) is 0 Å². The first-order chi connectivity index (χ1) is 12.4. The van der Waals surface area contributed by atoms with Crippen molar-refractivity contribution in [3.63, 3.8) is 0 Å². The number of hydrogen-bond acceptors (Lipinski definition) is 3. The first kappa shape index (κ1) is 20.1. The highest BCUT2D eigenvalue weighted by Crippen LogP contribution is 2.23. The van der Waals surface area contributed by atoms with Crippen molar-refractivity contribution in [3.8, 4) is 0 Å². The van der Waals surface area contributed by atoms with Crippen molar-refractivity contribution in [2.45, 2.75) is 33.6 Å². The monoisotopic (exact) mass is 360 g/mol. The van der Waals surface area contributed by atoms with Crippen LogP contribution < -0.4 is 10.2 Å². The largest absolute Gasteiger partial charge is 0.377 e. The number of likely N-dealkylation sites (tertiary alicyclic amines) is 1. The number of rotatable bonds is 5. The van der Waals surface area contributed by atoms with Gasteiger partial charge in [-0.05, 0) is 57.4 Å². The summed E-state index contributed by atoms with van der Waals surface area (Å²) in [5.74, 6) is 0.269. The molecule has 1 aliphatic heterocycles. The maximum Gasteiger partial charge on any atom is 0.321 e. The molecule has 144 valence electrons. The molecule has 0 unspecified atom stereocenters. The first-order valence-electron chi connectivity index (χ1n) is 9.50. The van der Waals surface area contributed by atoms with Gasteiger partial charge in [-0.25, -0.2) is 4.79 Å². The molecule has 0 saturated carbocycles. The van der Waals surface area contributed by atoms with Gasteiger partial charge in [0, 0.05) is 57.6 Å². The Morgan fingerprint density at radius 1 is 1.15 bits per heavy atom. The van der Waals surface area contributed by atoms with Crippen LogP contribution in [-0.4, -0.2) is 62.0 Å². The van der Waals surface area contributed by atoms with Crippen molar-refractivity contribution in [3.05, 3.63) is 23.8 Å². The standard InChI is InChI=1S/C20H32N4O2/c1-6-23(7-2)19(25)16-10-12-24(13-11-16)20(26)21-17-8-9-18(22(4)5)15(3)14-17/h8-9,14,16H,6-7,10-13H2,1-5H3,(H,21,26). The van der Waals surface area contributed by atoms with Gasteiger partial charge in [-0.3, -0.25) is 4.79 Å². The smallest absolute Gasteiger partial charge is 0.321 e. The Bertz CT molecular complexity index is 633. The first-order valence-corrected chi connectivity index (χ1v) is 9.50. The Labute approximate surface area is 157 Å². The normalized spacial score (nSPS) is 14.9. The summed E-state index contributed by atoms with van der Waals surface area (Å²) in [6.45, 7) is 8.80. The second-order valence-electron chi connectivity index (χ2n) is 7.10. The van der Waals surface area contributed by atoms with Gasteiger partial charge in [-0.2, -0.15) is 0 Å². The number of anilines is 2. The lowest BCUT2D eigenvalue weighted by molar-refractivity contribution is -0.136. The topological polar surface area (TPSA) is 55.9 Å². The molecule has 1 fully saturated rings. The van der Waals surface area contributed by atoms with Gasteiger partial charge in [0.1, 0.15) is 0 Å². The van der Waals surface area contributed by atoms with E-state index in [-0.39, 0.29) is 17.9 Å². The fraction of sp³-hybridized carbons (Fsp3) is 0.600. The number of hydrogen-bond donors (Lipinski definition) is 1. The molecule has 1 saturated heterocycles. The van der Waals surface area contributed by atoms with Crippen LogP contribution in [0.15, 0.2) is 18.2 Å². The summed E-state index contributed by atoms with van der Waals surface area (Å²) >= 11 is 0. The lowest BCUT2D eigenvalue weighted by Gasteiger charge is -2.33. The number of urea groups is 1. The van der Waals surface area contributed by atoms with Gasteiger partial charge < -0.3 is 20.0 Å².